The molecule has 0 aliphatic carbocycles. The third-order valence-electron chi connectivity index (χ3n) is 1.38. The van der Waals surface area contributed by atoms with Gasteiger partial charge in [0.15, 0.2) is 5.96 Å². The topological polar surface area (TPSA) is 70.6 Å². The maximum absolute atomic E-state index is 9.15. The highest BCUT2D eigenvalue weighted by Crippen LogP contribution is 1.89. The molecule has 0 aromatic rings. The minimum Gasteiger partial charge on any atom is -0.391 e. The van der Waals surface area contributed by atoms with Crippen LogP contribution in [0.3, 0.4) is 0 Å². The summed E-state index contributed by atoms with van der Waals surface area (Å²) in [5.41, 5.74) is 5.51. The molecule has 0 aliphatic rings. The minimum absolute atomic E-state index is 0.285. The Kier molecular flexibility index (Phi) is 5.45. The van der Waals surface area contributed by atoms with E-state index in [4.69, 9.17) is 10.8 Å². The average molecular weight is 173 g/mol. The molecule has 4 heteroatoms. The van der Waals surface area contributed by atoms with Crippen molar-refractivity contribution in [1.29, 1.82) is 0 Å². The summed E-state index contributed by atoms with van der Waals surface area (Å²) in [6, 6.07) is 0.285. The highest BCUT2D eigenvalue weighted by molar-refractivity contribution is 5.78. The highest BCUT2D eigenvalue weighted by atomic mass is 16.3. The monoisotopic (exact) mass is 173 g/mol. The van der Waals surface area contributed by atoms with Crippen LogP contribution in [0.1, 0.15) is 27.2 Å². The Balaban J connectivity index is 3.68. The Bertz CT molecular complexity index is 145. The van der Waals surface area contributed by atoms with E-state index >= 15 is 0 Å². The summed E-state index contributed by atoms with van der Waals surface area (Å²) in [4.78, 5) is 3.97. The largest absolute Gasteiger partial charge is 0.391 e. The van der Waals surface area contributed by atoms with Crippen LogP contribution in [0, 0.1) is 0 Å². The van der Waals surface area contributed by atoms with Crippen LogP contribution < -0.4 is 11.1 Å². The summed E-state index contributed by atoms with van der Waals surface area (Å²) in [6.07, 6.45) is 0.330. The summed E-state index contributed by atoms with van der Waals surface area (Å²) in [5, 5.41) is 12.1. The molecule has 4 nitrogen and oxygen atoms in total. The Morgan fingerprint density at radius 1 is 1.58 bits per heavy atom. The smallest absolute Gasteiger partial charge is 0.188 e. The molecule has 0 spiro atoms. The number of nitrogens with one attached hydrogen (secondary N) is 1. The molecule has 0 fully saturated rings. The van der Waals surface area contributed by atoms with Gasteiger partial charge in [0.05, 0.1) is 12.6 Å². The molecule has 1 unspecified atom stereocenters. The van der Waals surface area contributed by atoms with Gasteiger partial charge in [0.1, 0.15) is 0 Å². The van der Waals surface area contributed by atoms with Crippen LogP contribution in [0.25, 0.3) is 0 Å². The van der Waals surface area contributed by atoms with Gasteiger partial charge in [-0.2, -0.15) is 0 Å². The summed E-state index contributed by atoms with van der Waals surface area (Å²) in [6.45, 7) is 6.26. The van der Waals surface area contributed by atoms with Crippen LogP contribution in [0.15, 0.2) is 4.99 Å². The lowest BCUT2D eigenvalue weighted by molar-refractivity contribution is 0.179. The van der Waals surface area contributed by atoms with Crippen molar-refractivity contribution in [2.45, 2.75) is 39.3 Å². The van der Waals surface area contributed by atoms with Gasteiger partial charge in [0.2, 0.25) is 0 Å². The standard InChI is InChI=1S/C8H19N3O/c1-4-7(12)5-10-8(9)11-6(2)3/h6-7,12H,4-5H2,1-3H3,(H3,9,10,11). The first-order valence-electron chi connectivity index (χ1n) is 4.30. The van der Waals surface area contributed by atoms with Gasteiger partial charge in [-0.15, -0.1) is 0 Å². The Hall–Kier alpha value is -0.770. The molecule has 0 radical (unpaired) electrons. The Morgan fingerprint density at radius 2 is 2.17 bits per heavy atom. The van der Waals surface area contributed by atoms with Crippen LogP contribution in [-0.2, 0) is 0 Å². The zero-order chi connectivity index (χ0) is 9.56. The number of aliphatic hydroxyl groups is 1. The summed E-state index contributed by atoms with van der Waals surface area (Å²) >= 11 is 0. The predicted molar refractivity (Wildman–Crippen MR) is 51.1 cm³/mol. The van der Waals surface area contributed by atoms with Crippen molar-refractivity contribution in [1.82, 2.24) is 5.32 Å². The van der Waals surface area contributed by atoms with Crippen molar-refractivity contribution >= 4 is 5.96 Å². The normalized spacial score (nSPS) is 14.9. The number of nitrogens with two attached hydrogens (primary N) is 1. The SMILES string of the molecule is CCC(O)CN=C(N)NC(C)C. The van der Waals surface area contributed by atoms with Gasteiger partial charge in [-0.3, -0.25) is 4.99 Å². The number of guanidine groups is 1. The van der Waals surface area contributed by atoms with Crippen molar-refractivity contribution in [2.24, 2.45) is 10.7 Å². The van der Waals surface area contributed by atoms with E-state index in [1.807, 2.05) is 20.8 Å². The molecule has 12 heavy (non-hydrogen) atoms. The van der Waals surface area contributed by atoms with Crippen molar-refractivity contribution in [3.63, 3.8) is 0 Å². The lowest BCUT2D eigenvalue weighted by atomic mass is 10.3. The van der Waals surface area contributed by atoms with E-state index in [0.29, 0.717) is 18.9 Å². The number of hydrogen-bond acceptors (Lipinski definition) is 2. The fourth-order valence-electron chi connectivity index (χ4n) is 0.674. The molecule has 0 rings (SSSR count). The second kappa shape index (κ2) is 5.83. The summed E-state index contributed by atoms with van der Waals surface area (Å²) in [5.74, 6) is 0.400. The lowest BCUT2D eigenvalue weighted by Gasteiger charge is -2.09. The second-order valence-electron chi connectivity index (χ2n) is 3.09. The van der Waals surface area contributed by atoms with Crippen LogP contribution in [0.5, 0.6) is 0 Å². The molecule has 1 atom stereocenters. The van der Waals surface area contributed by atoms with E-state index in [9.17, 15) is 0 Å². The van der Waals surface area contributed by atoms with Gasteiger partial charge in [-0.1, -0.05) is 6.92 Å². The van der Waals surface area contributed by atoms with Crippen molar-refractivity contribution in [2.75, 3.05) is 6.54 Å². The number of hydrogen-bond donors (Lipinski definition) is 3. The molecule has 72 valence electrons. The maximum Gasteiger partial charge on any atom is 0.188 e. The molecule has 0 aliphatic heterocycles. The average Bonchev–Trinajstić information content (AvgIpc) is 1.99. The molecule has 0 amide bonds. The quantitative estimate of drug-likeness (QED) is 0.416. The fraction of sp³-hybridized carbons (Fsp3) is 0.875. The molecule has 4 N–H and O–H groups in total. The third-order valence-corrected chi connectivity index (χ3v) is 1.38. The van der Waals surface area contributed by atoms with E-state index in [0.717, 1.165) is 0 Å². The van der Waals surface area contributed by atoms with Crippen LogP contribution in [0.2, 0.25) is 0 Å². The van der Waals surface area contributed by atoms with Crippen LogP contribution in [-0.4, -0.2) is 29.8 Å². The first kappa shape index (κ1) is 11.2. The molecule has 0 saturated heterocycles. The van der Waals surface area contributed by atoms with Gasteiger partial charge < -0.3 is 16.2 Å². The first-order chi connectivity index (χ1) is 5.56. The molecule has 0 aromatic heterocycles. The van der Waals surface area contributed by atoms with Crippen molar-refractivity contribution < 1.29 is 5.11 Å². The van der Waals surface area contributed by atoms with Crippen molar-refractivity contribution in [3.05, 3.63) is 0 Å². The first-order valence-corrected chi connectivity index (χ1v) is 4.30. The van der Waals surface area contributed by atoms with E-state index in [-0.39, 0.29) is 12.1 Å². The molecular weight excluding hydrogens is 154 g/mol. The summed E-state index contributed by atoms with van der Waals surface area (Å²) in [7, 11) is 0. The second-order valence-corrected chi connectivity index (χ2v) is 3.09. The zero-order valence-electron chi connectivity index (χ0n) is 8.04. The van der Waals surface area contributed by atoms with Crippen LogP contribution >= 0.6 is 0 Å². The maximum atomic E-state index is 9.15. The Morgan fingerprint density at radius 3 is 2.58 bits per heavy atom. The molecular formula is C8H19N3O. The van der Waals surface area contributed by atoms with Gasteiger partial charge >= 0.3 is 0 Å². The van der Waals surface area contributed by atoms with Crippen LogP contribution in [0.4, 0.5) is 0 Å². The molecule has 0 bridgehead atoms. The fourth-order valence-corrected chi connectivity index (χ4v) is 0.674. The highest BCUT2D eigenvalue weighted by Gasteiger charge is 1.99. The molecule has 0 aromatic carbocycles. The third kappa shape index (κ3) is 5.97. The van der Waals surface area contributed by atoms with Crippen molar-refractivity contribution in [3.8, 4) is 0 Å². The predicted octanol–water partition coefficient (Wildman–Crippen LogP) is 0.0700. The summed E-state index contributed by atoms with van der Waals surface area (Å²) < 4.78 is 0. The van der Waals surface area contributed by atoms with E-state index < -0.39 is 0 Å². The van der Waals surface area contributed by atoms with Gasteiger partial charge in [-0.25, -0.2) is 0 Å². The molecule has 0 heterocycles. The van der Waals surface area contributed by atoms with Gasteiger partial charge in [0, 0.05) is 6.04 Å². The minimum atomic E-state index is -0.377. The number of nitrogens with zero attached hydrogens (tertiary/aromatic N) is 1. The zero-order valence-corrected chi connectivity index (χ0v) is 8.04. The number of aliphatic imine (C=N–C) groups is 1. The molecule has 0 saturated carbocycles. The van der Waals surface area contributed by atoms with E-state index in [1.54, 1.807) is 0 Å². The number of rotatable bonds is 4. The van der Waals surface area contributed by atoms with Gasteiger partial charge in [-0.05, 0) is 20.3 Å². The number of aliphatic hydroxyl groups excluding tert-OH is 1. The van der Waals surface area contributed by atoms with Gasteiger partial charge in [0.25, 0.3) is 0 Å². The van der Waals surface area contributed by atoms with E-state index in [2.05, 4.69) is 10.3 Å². The lowest BCUT2D eigenvalue weighted by Crippen LogP contribution is -2.37. The Labute approximate surface area is 73.9 Å². The van der Waals surface area contributed by atoms with E-state index in [1.165, 1.54) is 0 Å².